The van der Waals surface area contributed by atoms with Gasteiger partial charge in [0.1, 0.15) is 0 Å². The zero-order valence-corrected chi connectivity index (χ0v) is 11.4. The average Bonchev–Trinajstić information content (AvgIpc) is 2.55. The number of benzene rings is 1. The Labute approximate surface area is 125 Å². The number of pyridine rings is 2. The second kappa shape index (κ2) is 5.60. The molecule has 110 valence electrons. The van der Waals surface area contributed by atoms with Crippen LogP contribution in [0.1, 0.15) is 5.56 Å². The predicted octanol–water partition coefficient (Wildman–Crippen LogP) is 4.83. The molecule has 0 saturated heterocycles. The maximum absolute atomic E-state index is 13.4. The molecule has 0 aliphatic carbocycles. The number of hydrogen-bond donors (Lipinski definition) is 0. The molecular weight excluding hydrogens is 289 g/mol. The fourth-order valence-electron chi connectivity index (χ4n) is 2.27. The van der Waals surface area contributed by atoms with Gasteiger partial charge in [-0.15, -0.1) is 0 Å². The van der Waals surface area contributed by atoms with E-state index >= 15 is 0 Å². The highest BCUT2D eigenvalue weighted by Crippen LogP contribution is 2.39. The van der Waals surface area contributed by atoms with Gasteiger partial charge in [0.15, 0.2) is 0 Å². The first kappa shape index (κ1) is 14.3. The van der Waals surface area contributed by atoms with Crippen molar-refractivity contribution >= 4 is 0 Å². The maximum atomic E-state index is 13.4. The zero-order chi connectivity index (χ0) is 15.6. The Bertz CT molecular complexity index is 769. The topological polar surface area (TPSA) is 25.8 Å². The van der Waals surface area contributed by atoms with Crippen LogP contribution in [0.15, 0.2) is 67.3 Å². The molecule has 0 spiro atoms. The minimum atomic E-state index is -4.44. The molecule has 0 N–H and O–H groups in total. The molecule has 0 fully saturated rings. The average molecular weight is 300 g/mol. The van der Waals surface area contributed by atoms with Crippen LogP contribution in [0.2, 0.25) is 0 Å². The summed E-state index contributed by atoms with van der Waals surface area (Å²) in [5.41, 5.74) is 1.00. The van der Waals surface area contributed by atoms with Gasteiger partial charge in [0.2, 0.25) is 0 Å². The Morgan fingerprint density at radius 3 is 1.91 bits per heavy atom. The largest absolute Gasteiger partial charge is 0.417 e. The van der Waals surface area contributed by atoms with Crippen molar-refractivity contribution in [2.75, 3.05) is 0 Å². The molecule has 5 heteroatoms. The van der Waals surface area contributed by atoms with Gasteiger partial charge in [-0.3, -0.25) is 9.97 Å². The van der Waals surface area contributed by atoms with Crippen molar-refractivity contribution in [2.24, 2.45) is 0 Å². The third kappa shape index (κ3) is 2.83. The molecule has 2 heterocycles. The van der Waals surface area contributed by atoms with Crippen LogP contribution in [-0.2, 0) is 6.18 Å². The van der Waals surface area contributed by atoms with E-state index in [9.17, 15) is 13.2 Å². The monoisotopic (exact) mass is 300 g/mol. The summed E-state index contributed by atoms with van der Waals surface area (Å²) in [5, 5.41) is 0. The van der Waals surface area contributed by atoms with Crippen LogP contribution in [0.4, 0.5) is 13.2 Å². The molecule has 0 amide bonds. The summed E-state index contributed by atoms with van der Waals surface area (Å²) >= 11 is 0. The van der Waals surface area contributed by atoms with Gasteiger partial charge in [-0.05, 0) is 29.3 Å². The highest BCUT2D eigenvalue weighted by Gasteiger charge is 2.34. The van der Waals surface area contributed by atoms with E-state index in [1.807, 2.05) is 0 Å². The van der Waals surface area contributed by atoms with E-state index in [0.717, 1.165) is 6.07 Å². The minimum absolute atomic E-state index is 0.119. The molecule has 0 radical (unpaired) electrons. The summed E-state index contributed by atoms with van der Waals surface area (Å²) in [6, 6.07) is 10.9. The lowest BCUT2D eigenvalue weighted by molar-refractivity contribution is -0.137. The Kier molecular flexibility index (Phi) is 3.63. The van der Waals surface area contributed by atoms with E-state index < -0.39 is 11.7 Å². The smallest absolute Gasteiger partial charge is 0.264 e. The summed E-state index contributed by atoms with van der Waals surface area (Å²) in [4.78, 5) is 7.83. The lowest BCUT2D eigenvalue weighted by Gasteiger charge is -2.14. The summed E-state index contributed by atoms with van der Waals surface area (Å²) < 4.78 is 40.2. The predicted molar refractivity (Wildman–Crippen MR) is 77.9 cm³/mol. The Balaban J connectivity index is 2.17. The number of hydrogen-bond acceptors (Lipinski definition) is 2. The molecule has 0 bridgehead atoms. The third-order valence-corrected chi connectivity index (χ3v) is 3.29. The molecule has 1 aromatic carbocycles. The van der Waals surface area contributed by atoms with Crippen LogP contribution < -0.4 is 0 Å². The van der Waals surface area contributed by atoms with Gasteiger partial charge in [-0.2, -0.15) is 13.2 Å². The van der Waals surface area contributed by atoms with Crippen molar-refractivity contribution in [3.05, 3.63) is 72.8 Å². The van der Waals surface area contributed by atoms with E-state index in [0.29, 0.717) is 16.7 Å². The number of alkyl halides is 3. The van der Waals surface area contributed by atoms with Gasteiger partial charge in [-0.25, -0.2) is 0 Å². The van der Waals surface area contributed by atoms with Crippen molar-refractivity contribution in [3.8, 4) is 22.3 Å². The summed E-state index contributed by atoms with van der Waals surface area (Å²) in [6.07, 6.45) is 1.63. The molecule has 0 unspecified atom stereocenters. The van der Waals surface area contributed by atoms with Gasteiger partial charge in [0, 0.05) is 35.9 Å². The van der Waals surface area contributed by atoms with Gasteiger partial charge in [-0.1, -0.05) is 24.3 Å². The zero-order valence-electron chi connectivity index (χ0n) is 11.4. The van der Waals surface area contributed by atoms with E-state index in [-0.39, 0.29) is 5.56 Å². The number of nitrogens with zero attached hydrogens (tertiary/aromatic N) is 2. The van der Waals surface area contributed by atoms with Crippen LogP contribution in [0.25, 0.3) is 22.3 Å². The second-order valence-electron chi connectivity index (χ2n) is 4.74. The molecule has 0 aliphatic rings. The summed E-state index contributed by atoms with van der Waals surface area (Å²) in [6.45, 7) is 0. The van der Waals surface area contributed by atoms with E-state index in [1.54, 1.807) is 42.7 Å². The Morgan fingerprint density at radius 2 is 1.36 bits per heavy atom. The fourth-order valence-corrected chi connectivity index (χ4v) is 2.27. The van der Waals surface area contributed by atoms with E-state index in [4.69, 9.17) is 0 Å². The van der Waals surface area contributed by atoms with Crippen molar-refractivity contribution in [3.63, 3.8) is 0 Å². The highest BCUT2D eigenvalue weighted by molar-refractivity contribution is 5.73. The van der Waals surface area contributed by atoms with Crippen molar-refractivity contribution < 1.29 is 13.2 Å². The molecule has 2 aromatic heterocycles. The third-order valence-electron chi connectivity index (χ3n) is 3.29. The van der Waals surface area contributed by atoms with E-state index in [1.165, 1.54) is 18.5 Å². The molecule has 3 rings (SSSR count). The lowest BCUT2D eigenvalue weighted by Crippen LogP contribution is -2.07. The van der Waals surface area contributed by atoms with Crippen molar-refractivity contribution in [1.29, 1.82) is 0 Å². The standard InChI is InChI=1S/C17H11F3N2/c18-17(19,20)16-9-12(13-3-1-7-21-10-13)5-6-15(16)14-4-2-8-22-11-14/h1-11H. The molecule has 2 nitrogen and oxygen atoms in total. The first-order chi connectivity index (χ1) is 10.6. The highest BCUT2D eigenvalue weighted by atomic mass is 19.4. The molecule has 22 heavy (non-hydrogen) atoms. The minimum Gasteiger partial charge on any atom is -0.264 e. The van der Waals surface area contributed by atoms with Gasteiger partial charge in [0.25, 0.3) is 0 Å². The summed E-state index contributed by atoms with van der Waals surface area (Å²) in [5.74, 6) is 0. The SMILES string of the molecule is FC(F)(F)c1cc(-c2cccnc2)ccc1-c1cccnc1. The number of halogens is 3. The van der Waals surface area contributed by atoms with Crippen LogP contribution in [0.5, 0.6) is 0 Å². The number of aromatic nitrogens is 2. The Hall–Kier alpha value is -2.69. The van der Waals surface area contributed by atoms with Gasteiger partial charge in [0.05, 0.1) is 5.56 Å². The first-order valence-electron chi connectivity index (χ1n) is 6.58. The fraction of sp³-hybridized carbons (Fsp3) is 0.0588. The molecular formula is C17H11F3N2. The van der Waals surface area contributed by atoms with Crippen LogP contribution in [0, 0.1) is 0 Å². The maximum Gasteiger partial charge on any atom is 0.417 e. The van der Waals surface area contributed by atoms with E-state index in [2.05, 4.69) is 9.97 Å². The molecule has 0 aliphatic heterocycles. The molecule has 0 saturated carbocycles. The normalized spacial score (nSPS) is 11.4. The quantitative estimate of drug-likeness (QED) is 0.677. The Morgan fingerprint density at radius 1 is 0.727 bits per heavy atom. The lowest BCUT2D eigenvalue weighted by atomic mass is 9.96. The molecule has 0 atom stereocenters. The second-order valence-corrected chi connectivity index (χ2v) is 4.74. The van der Waals surface area contributed by atoms with Gasteiger partial charge >= 0.3 is 6.18 Å². The molecule has 3 aromatic rings. The first-order valence-corrected chi connectivity index (χ1v) is 6.58. The van der Waals surface area contributed by atoms with Crippen LogP contribution in [-0.4, -0.2) is 9.97 Å². The van der Waals surface area contributed by atoms with Crippen molar-refractivity contribution in [1.82, 2.24) is 9.97 Å². The van der Waals surface area contributed by atoms with Crippen molar-refractivity contribution in [2.45, 2.75) is 6.18 Å². The summed E-state index contributed by atoms with van der Waals surface area (Å²) in [7, 11) is 0. The van der Waals surface area contributed by atoms with Crippen LogP contribution in [0.3, 0.4) is 0 Å². The number of rotatable bonds is 2. The van der Waals surface area contributed by atoms with Crippen LogP contribution >= 0.6 is 0 Å². The van der Waals surface area contributed by atoms with Gasteiger partial charge < -0.3 is 0 Å².